The Bertz CT molecular complexity index is 915. The van der Waals surface area contributed by atoms with Gasteiger partial charge in [0.2, 0.25) is 0 Å². The smallest absolute Gasteiger partial charge is 0.337 e. The molecule has 0 unspecified atom stereocenters. The fourth-order valence-corrected chi connectivity index (χ4v) is 3.43. The van der Waals surface area contributed by atoms with E-state index in [2.05, 4.69) is 24.1 Å². The number of aromatic nitrogens is 1. The molecule has 0 saturated heterocycles. The second-order valence-corrected chi connectivity index (χ2v) is 6.92. The number of nitrogens with zero attached hydrogens (tertiary/aromatic N) is 1. The molecule has 0 atom stereocenters. The normalized spacial score (nSPS) is 13.5. The third-order valence-corrected chi connectivity index (χ3v) is 4.76. The highest BCUT2D eigenvalue weighted by Crippen LogP contribution is 2.38. The third-order valence-electron chi connectivity index (χ3n) is 4.76. The molecule has 1 N–H and O–H groups in total. The van der Waals surface area contributed by atoms with Crippen LogP contribution < -0.4 is 26.9 Å². The summed E-state index contributed by atoms with van der Waals surface area (Å²) in [6.07, 6.45) is 16.4. The second-order valence-electron chi connectivity index (χ2n) is 6.92. The van der Waals surface area contributed by atoms with E-state index in [-0.39, 0.29) is 30.2 Å². The molecule has 0 fully saturated rings. The van der Waals surface area contributed by atoms with Gasteiger partial charge in [-0.1, -0.05) is 25.2 Å². The van der Waals surface area contributed by atoms with Gasteiger partial charge in [-0.3, -0.25) is 0 Å². The minimum Gasteiger partial charge on any atom is -1.00 e. The lowest BCUT2D eigenvalue weighted by Gasteiger charge is -2.29. The van der Waals surface area contributed by atoms with E-state index >= 15 is 0 Å². The van der Waals surface area contributed by atoms with E-state index in [1.54, 1.807) is 13.8 Å². The summed E-state index contributed by atoms with van der Waals surface area (Å²) in [5, 5.41) is 3.09. The highest BCUT2D eigenvalue weighted by atomic mass is 79.9. The van der Waals surface area contributed by atoms with Gasteiger partial charge in [0.1, 0.15) is 6.54 Å². The van der Waals surface area contributed by atoms with Crippen LogP contribution in [0.2, 0.25) is 0 Å². The van der Waals surface area contributed by atoms with Crippen molar-refractivity contribution in [3.8, 4) is 24.7 Å². The van der Waals surface area contributed by atoms with Crippen molar-refractivity contribution in [3.63, 3.8) is 0 Å². The average molecular weight is 487 g/mol. The van der Waals surface area contributed by atoms with Crippen molar-refractivity contribution in [1.82, 2.24) is 5.32 Å². The Balaban J connectivity index is 0.00000480. The van der Waals surface area contributed by atoms with Gasteiger partial charge in [0.25, 0.3) is 0 Å². The molecule has 1 aliphatic rings. The lowest BCUT2D eigenvalue weighted by Crippen LogP contribution is -3.00. The quantitative estimate of drug-likeness (QED) is 0.301. The van der Waals surface area contributed by atoms with Gasteiger partial charge in [0.15, 0.2) is 25.6 Å². The van der Waals surface area contributed by atoms with Gasteiger partial charge >= 0.3 is 11.9 Å². The Hall–Kier alpha value is -3.03. The standard InChI is InChI=1S/C24H26N2O4.BrH/c1-6-9-12-26-13-10-11-19(16-26)22-20(23(27)29-14-7-2)17(4)25-18(5)21(22)24(28)30-15-8-3;/h2-3,10-11,13,16,22H,6,9,12,14-15H2,1,4-5H3;1H. The number of halogens is 1. The van der Waals surface area contributed by atoms with Crippen molar-refractivity contribution < 1.29 is 40.6 Å². The Morgan fingerprint density at radius 2 is 1.65 bits per heavy atom. The number of aryl methyl sites for hydroxylation is 1. The summed E-state index contributed by atoms with van der Waals surface area (Å²) in [7, 11) is 0. The summed E-state index contributed by atoms with van der Waals surface area (Å²) in [6, 6.07) is 3.77. The van der Waals surface area contributed by atoms with Gasteiger partial charge in [-0.2, -0.15) is 0 Å². The first-order valence-electron chi connectivity index (χ1n) is 9.83. The Morgan fingerprint density at radius 3 is 2.13 bits per heavy atom. The van der Waals surface area contributed by atoms with Crippen LogP contribution in [-0.2, 0) is 25.6 Å². The number of nitrogens with one attached hydrogen (secondary N) is 1. The van der Waals surface area contributed by atoms with E-state index in [0.29, 0.717) is 22.5 Å². The molecular weight excluding hydrogens is 460 g/mol. The molecule has 0 spiro atoms. The maximum Gasteiger partial charge on any atom is 0.337 e. The molecule has 164 valence electrons. The molecule has 1 aliphatic heterocycles. The van der Waals surface area contributed by atoms with Crippen LogP contribution in [0.4, 0.5) is 0 Å². The van der Waals surface area contributed by atoms with Crippen molar-refractivity contribution in [2.75, 3.05) is 13.2 Å². The van der Waals surface area contributed by atoms with E-state index < -0.39 is 17.9 Å². The molecule has 6 nitrogen and oxygen atoms in total. The molecule has 2 heterocycles. The minimum atomic E-state index is -0.670. The average Bonchev–Trinajstić information content (AvgIpc) is 2.74. The molecule has 2 rings (SSSR count). The molecule has 1 aromatic heterocycles. The van der Waals surface area contributed by atoms with Gasteiger partial charge < -0.3 is 31.8 Å². The Morgan fingerprint density at radius 1 is 1.10 bits per heavy atom. The summed E-state index contributed by atoms with van der Waals surface area (Å²) < 4.78 is 12.5. The number of pyridine rings is 1. The van der Waals surface area contributed by atoms with E-state index in [1.807, 2.05) is 29.1 Å². The van der Waals surface area contributed by atoms with E-state index in [9.17, 15) is 9.59 Å². The number of rotatable bonds is 8. The highest BCUT2D eigenvalue weighted by molar-refractivity contribution is 5.99. The fourth-order valence-electron chi connectivity index (χ4n) is 3.43. The highest BCUT2D eigenvalue weighted by Gasteiger charge is 2.39. The maximum absolute atomic E-state index is 12.9. The van der Waals surface area contributed by atoms with Crippen molar-refractivity contribution in [2.24, 2.45) is 0 Å². The van der Waals surface area contributed by atoms with E-state index in [4.69, 9.17) is 22.3 Å². The number of unbranched alkanes of at least 4 members (excludes halogenated alkanes) is 1. The van der Waals surface area contributed by atoms with Crippen molar-refractivity contribution in [1.29, 1.82) is 0 Å². The van der Waals surface area contributed by atoms with Crippen LogP contribution in [0.1, 0.15) is 45.1 Å². The molecule has 0 saturated carbocycles. The number of hydrogen-bond acceptors (Lipinski definition) is 5. The van der Waals surface area contributed by atoms with Crippen molar-refractivity contribution >= 4 is 11.9 Å². The predicted octanol–water partition coefficient (Wildman–Crippen LogP) is -0.634. The van der Waals surface area contributed by atoms with Gasteiger partial charge in [-0.15, -0.1) is 12.8 Å². The lowest BCUT2D eigenvalue weighted by atomic mass is 9.81. The van der Waals surface area contributed by atoms with Crippen LogP contribution in [0.15, 0.2) is 47.1 Å². The molecule has 0 radical (unpaired) electrons. The number of hydrogen-bond donors (Lipinski definition) is 1. The summed E-state index contributed by atoms with van der Waals surface area (Å²) in [5.74, 6) is 2.75. The molecule has 7 heteroatoms. The molecular formula is C24H27BrN2O4. The third kappa shape index (κ3) is 6.47. The van der Waals surface area contributed by atoms with Crippen molar-refractivity contribution in [2.45, 2.75) is 46.1 Å². The molecule has 0 aromatic carbocycles. The van der Waals surface area contributed by atoms with Crippen LogP contribution in [0, 0.1) is 24.7 Å². The summed E-state index contributed by atoms with van der Waals surface area (Å²) in [5.41, 5.74) is 2.59. The second kappa shape index (κ2) is 12.6. The van der Waals surface area contributed by atoms with E-state index in [1.165, 1.54) is 0 Å². The number of dihydropyridines is 1. The van der Waals surface area contributed by atoms with Crippen LogP contribution >= 0.6 is 0 Å². The predicted molar refractivity (Wildman–Crippen MR) is 112 cm³/mol. The summed E-state index contributed by atoms with van der Waals surface area (Å²) in [6.45, 7) is 6.16. The van der Waals surface area contributed by atoms with Gasteiger partial charge in [-0.05, 0) is 19.9 Å². The maximum atomic E-state index is 12.9. The molecule has 1 aromatic rings. The van der Waals surface area contributed by atoms with Crippen LogP contribution in [0.5, 0.6) is 0 Å². The first kappa shape index (κ1) is 26.0. The Kier molecular flexibility index (Phi) is 10.6. The number of terminal acetylenes is 2. The van der Waals surface area contributed by atoms with Crippen LogP contribution in [0.3, 0.4) is 0 Å². The minimum absolute atomic E-state index is 0. The van der Waals surface area contributed by atoms with Crippen molar-refractivity contribution in [3.05, 3.63) is 52.6 Å². The molecule has 0 bridgehead atoms. The molecule has 0 aliphatic carbocycles. The zero-order valence-corrected chi connectivity index (χ0v) is 19.6. The van der Waals surface area contributed by atoms with Gasteiger partial charge in [0.05, 0.1) is 17.1 Å². The number of allylic oxidation sites excluding steroid dienone is 2. The van der Waals surface area contributed by atoms with Crippen LogP contribution in [-0.4, -0.2) is 25.2 Å². The van der Waals surface area contributed by atoms with Gasteiger partial charge in [-0.25, -0.2) is 14.2 Å². The van der Waals surface area contributed by atoms with Gasteiger partial charge in [0, 0.05) is 29.4 Å². The van der Waals surface area contributed by atoms with E-state index in [0.717, 1.165) is 24.9 Å². The zero-order chi connectivity index (χ0) is 22.1. The fraction of sp³-hybridized carbons (Fsp3) is 0.375. The van der Waals surface area contributed by atoms with Crippen LogP contribution in [0.25, 0.3) is 0 Å². The first-order chi connectivity index (χ1) is 14.4. The SMILES string of the molecule is C#CCOC(=O)C1=C(C)NC(C)=C(C(=O)OCC#C)C1c1ccc[n+](CCCC)c1.[Br-]. The largest absolute Gasteiger partial charge is 1.00 e. The molecule has 31 heavy (non-hydrogen) atoms. The first-order valence-corrected chi connectivity index (χ1v) is 9.83. The molecule has 0 amide bonds. The number of carbonyl (C=O) groups is 2. The number of esters is 2. The number of ether oxygens (including phenoxy) is 2. The Labute approximate surface area is 194 Å². The lowest BCUT2D eigenvalue weighted by molar-refractivity contribution is -0.697. The number of carbonyl (C=O) groups excluding carboxylic acids is 2. The summed E-state index contributed by atoms with van der Waals surface area (Å²) in [4.78, 5) is 25.7. The zero-order valence-electron chi connectivity index (χ0n) is 18.0. The monoisotopic (exact) mass is 486 g/mol. The summed E-state index contributed by atoms with van der Waals surface area (Å²) >= 11 is 0. The topological polar surface area (TPSA) is 68.5 Å².